The van der Waals surface area contributed by atoms with E-state index in [4.69, 9.17) is 8.83 Å². The van der Waals surface area contributed by atoms with E-state index < -0.39 is 0 Å². The maximum Gasteiger partial charge on any atom is 0.263 e. The molecule has 0 radical (unpaired) electrons. The van der Waals surface area contributed by atoms with Crippen LogP contribution in [0.2, 0.25) is 0 Å². The first kappa shape index (κ1) is 7.32. The van der Waals surface area contributed by atoms with Crippen LogP contribution in [0.4, 0.5) is 0 Å². The van der Waals surface area contributed by atoms with Crippen LogP contribution >= 0.6 is 0 Å². The summed E-state index contributed by atoms with van der Waals surface area (Å²) in [5.41, 5.74) is 1.45. The maximum atomic E-state index is 5.47. The Bertz CT molecular complexity index is 521. The normalized spacial score (nSPS) is 10.9. The largest absolute Gasteiger partial charge is 0.459 e. The van der Waals surface area contributed by atoms with Crippen molar-refractivity contribution < 1.29 is 8.83 Å². The van der Waals surface area contributed by atoms with Crippen molar-refractivity contribution in [2.24, 2.45) is 0 Å². The highest BCUT2D eigenvalue weighted by Crippen LogP contribution is 2.23. The maximum absolute atomic E-state index is 5.47. The summed E-state index contributed by atoms with van der Waals surface area (Å²) in [5.74, 6) is 1.11. The van der Waals surface area contributed by atoms with E-state index in [0.29, 0.717) is 17.2 Å². The van der Waals surface area contributed by atoms with E-state index in [2.05, 4.69) is 9.97 Å². The predicted octanol–water partition coefficient (Wildman–Crippen LogP) is 2.48. The highest BCUT2D eigenvalue weighted by atomic mass is 16.4. The highest BCUT2D eigenvalue weighted by Gasteiger charge is 2.09. The smallest absolute Gasteiger partial charge is 0.263 e. The minimum absolute atomic E-state index is 0.484. The number of pyridine rings is 1. The molecule has 0 bridgehead atoms. The number of rotatable bonds is 1. The van der Waals surface area contributed by atoms with Crippen molar-refractivity contribution in [3.05, 3.63) is 36.9 Å². The van der Waals surface area contributed by atoms with Gasteiger partial charge in [0.25, 0.3) is 5.89 Å². The molecule has 14 heavy (non-hydrogen) atoms. The van der Waals surface area contributed by atoms with Gasteiger partial charge >= 0.3 is 0 Å². The summed E-state index contributed by atoms with van der Waals surface area (Å²) < 4.78 is 10.6. The summed E-state index contributed by atoms with van der Waals surface area (Å²) in [6.45, 7) is 0. The molecule has 0 aliphatic heterocycles. The Kier molecular flexibility index (Phi) is 1.41. The lowest BCUT2D eigenvalue weighted by Crippen LogP contribution is -1.71. The van der Waals surface area contributed by atoms with Crippen molar-refractivity contribution in [2.45, 2.75) is 0 Å². The predicted molar refractivity (Wildman–Crippen MR) is 49.5 cm³/mol. The molecule has 3 heterocycles. The Balaban J connectivity index is 2.24. The molecule has 3 aromatic heterocycles. The van der Waals surface area contributed by atoms with Gasteiger partial charge in [0.15, 0.2) is 11.3 Å². The molecule has 0 aliphatic carbocycles. The monoisotopic (exact) mass is 186 g/mol. The van der Waals surface area contributed by atoms with E-state index >= 15 is 0 Å². The zero-order chi connectivity index (χ0) is 9.38. The fraction of sp³-hybridized carbons (Fsp3) is 0. The molecule has 68 valence electrons. The van der Waals surface area contributed by atoms with Crippen molar-refractivity contribution >= 4 is 11.1 Å². The molecule has 0 saturated carbocycles. The number of nitrogens with zero attached hydrogens (tertiary/aromatic N) is 2. The van der Waals surface area contributed by atoms with Crippen molar-refractivity contribution in [3.8, 4) is 11.7 Å². The van der Waals surface area contributed by atoms with Gasteiger partial charge in [0.1, 0.15) is 5.52 Å². The number of hydrogen-bond donors (Lipinski definition) is 0. The fourth-order valence-electron chi connectivity index (χ4n) is 1.29. The van der Waals surface area contributed by atoms with E-state index in [9.17, 15) is 0 Å². The summed E-state index contributed by atoms with van der Waals surface area (Å²) in [7, 11) is 0. The number of hydrogen-bond acceptors (Lipinski definition) is 4. The first-order valence-corrected chi connectivity index (χ1v) is 4.18. The van der Waals surface area contributed by atoms with Gasteiger partial charge in [-0.05, 0) is 12.1 Å². The zero-order valence-electron chi connectivity index (χ0n) is 7.18. The van der Waals surface area contributed by atoms with Gasteiger partial charge < -0.3 is 8.83 Å². The quantitative estimate of drug-likeness (QED) is 0.585. The van der Waals surface area contributed by atoms with Crippen molar-refractivity contribution in [3.63, 3.8) is 0 Å². The molecule has 3 aromatic rings. The highest BCUT2D eigenvalue weighted by molar-refractivity contribution is 5.73. The second-order valence-corrected chi connectivity index (χ2v) is 2.84. The molecule has 4 nitrogen and oxygen atoms in total. The Labute approximate surface area is 79.2 Å². The van der Waals surface area contributed by atoms with E-state index in [0.717, 1.165) is 5.52 Å². The van der Waals surface area contributed by atoms with Gasteiger partial charge in [-0.3, -0.25) is 4.98 Å². The second-order valence-electron chi connectivity index (χ2n) is 2.84. The van der Waals surface area contributed by atoms with Crippen LogP contribution in [-0.4, -0.2) is 9.97 Å². The van der Waals surface area contributed by atoms with Crippen LogP contribution in [0.25, 0.3) is 22.8 Å². The van der Waals surface area contributed by atoms with Crippen molar-refractivity contribution in [2.75, 3.05) is 0 Å². The van der Waals surface area contributed by atoms with Crippen LogP contribution in [0.15, 0.2) is 45.7 Å². The molecule has 4 heteroatoms. The molecule has 0 amide bonds. The summed E-state index contributed by atoms with van der Waals surface area (Å²) in [5, 5.41) is 0. The molecule has 0 spiro atoms. The van der Waals surface area contributed by atoms with Crippen LogP contribution in [-0.2, 0) is 0 Å². The minimum atomic E-state index is 0.484. The molecule has 0 fully saturated rings. The van der Waals surface area contributed by atoms with Crippen LogP contribution in [0.5, 0.6) is 0 Å². The fourth-order valence-corrected chi connectivity index (χ4v) is 1.29. The van der Waals surface area contributed by atoms with Gasteiger partial charge in [0.2, 0.25) is 0 Å². The molecule has 0 saturated heterocycles. The molecule has 3 rings (SSSR count). The van der Waals surface area contributed by atoms with Gasteiger partial charge in [0, 0.05) is 12.3 Å². The van der Waals surface area contributed by atoms with Crippen LogP contribution in [0.3, 0.4) is 0 Å². The summed E-state index contributed by atoms with van der Waals surface area (Å²) in [6.07, 6.45) is 4.91. The first-order chi connectivity index (χ1) is 6.93. The molecule has 0 unspecified atom stereocenters. The molecular formula is C10H6N2O2. The van der Waals surface area contributed by atoms with Gasteiger partial charge in [-0.25, -0.2) is 4.98 Å². The Morgan fingerprint density at radius 2 is 2.21 bits per heavy atom. The zero-order valence-corrected chi connectivity index (χ0v) is 7.18. The van der Waals surface area contributed by atoms with E-state index in [1.807, 2.05) is 0 Å². The topological polar surface area (TPSA) is 52.1 Å². The lowest BCUT2D eigenvalue weighted by molar-refractivity contribution is 0.535. The molecule has 0 N–H and O–H groups in total. The average Bonchev–Trinajstić information content (AvgIpc) is 2.86. The van der Waals surface area contributed by atoms with Gasteiger partial charge in [-0.15, -0.1) is 0 Å². The van der Waals surface area contributed by atoms with Crippen LogP contribution in [0, 0.1) is 0 Å². The number of oxazole rings is 1. The minimum Gasteiger partial charge on any atom is -0.459 e. The summed E-state index contributed by atoms with van der Waals surface area (Å²) >= 11 is 0. The van der Waals surface area contributed by atoms with E-state index in [1.54, 1.807) is 36.9 Å². The third-order valence-corrected chi connectivity index (χ3v) is 1.92. The third kappa shape index (κ3) is 1.01. The van der Waals surface area contributed by atoms with Crippen LogP contribution in [0.1, 0.15) is 0 Å². The summed E-state index contributed by atoms with van der Waals surface area (Å²) in [4.78, 5) is 8.19. The second kappa shape index (κ2) is 2.70. The first-order valence-electron chi connectivity index (χ1n) is 4.18. The van der Waals surface area contributed by atoms with E-state index in [1.165, 1.54) is 0 Å². The SMILES string of the molecule is c1coc(-c2nc3cnccc3o2)c1. The third-order valence-electron chi connectivity index (χ3n) is 1.92. The molecule has 0 aliphatic rings. The van der Waals surface area contributed by atoms with Gasteiger partial charge in [-0.1, -0.05) is 0 Å². The van der Waals surface area contributed by atoms with Gasteiger partial charge in [0.05, 0.1) is 12.5 Å². The summed E-state index contributed by atoms with van der Waals surface area (Å²) in [6, 6.07) is 5.37. The number of fused-ring (bicyclic) bond motifs is 1. The molecule has 0 atom stereocenters. The lowest BCUT2D eigenvalue weighted by atomic mass is 10.4. The molecule has 0 aromatic carbocycles. The van der Waals surface area contributed by atoms with Crippen molar-refractivity contribution in [1.82, 2.24) is 9.97 Å². The number of furan rings is 1. The Morgan fingerprint density at radius 1 is 1.21 bits per heavy atom. The van der Waals surface area contributed by atoms with Gasteiger partial charge in [-0.2, -0.15) is 0 Å². The Morgan fingerprint density at radius 3 is 3.00 bits per heavy atom. The standard InChI is InChI=1S/C10H6N2O2/c1-2-9(13-5-1)10-12-7-6-11-4-3-8(7)14-10/h1-6H. The number of aromatic nitrogens is 2. The Hall–Kier alpha value is -2.10. The average molecular weight is 186 g/mol. The van der Waals surface area contributed by atoms with Crippen molar-refractivity contribution in [1.29, 1.82) is 0 Å². The lowest BCUT2D eigenvalue weighted by Gasteiger charge is -1.84. The molecular weight excluding hydrogens is 180 g/mol. The van der Waals surface area contributed by atoms with E-state index in [-0.39, 0.29) is 0 Å². The van der Waals surface area contributed by atoms with Crippen LogP contribution < -0.4 is 0 Å².